The van der Waals surface area contributed by atoms with Crippen molar-refractivity contribution < 1.29 is 0 Å². The Labute approximate surface area is 128 Å². The van der Waals surface area contributed by atoms with Gasteiger partial charge in [-0.2, -0.15) is 0 Å². The van der Waals surface area contributed by atoms with E-state index in [1.165, 1.54) is 48.1 Å². The molecule has 2 rings (SSSR count). The maximum absolute atomic E-state index is 2.29. The first-order valence-electron chi connectivity index (χ1n) is 7.72. The lowest BCUT2D eigenvalue weighted by Gasteiger charge is -2.20. The molecule has 0 heterocycles. The van der Waals surface area contributed by atoms with Crippen molar-refractivity contribution >= 4 is 17.8 Å². The summed E-state index contributed by atoms with van der Waals surface area (Å²) in [5.74, 6) is 0. The van der Waals surface area contributed by atoms with E-state index < -0.39 is 0 Å². The van der Waals surface area contributed by atoms with Gasteiger partial charge in [0.15, 0.2) is 0 Å². The molecule has 1 nitrogen and oxygen atoms in total. The number of nitrogens with zero attached hydrogens (tertiary/aromatic N) is 1. The van der Waals surface area contributed by atoms with Crippen molar-refractivity contribution in [2.75, 3.05) is 20.6 Å². The van der Waals surface area contributed by atoms with Crippen LogP contribution >= 0.6 is 11.8 Å². The summed E-state index contributed by atoms with van der Waals surface area (Å²) in [4.78, 5) is 3.64. The molecule has 0 unspecified atom stereocenters. The van der Waals surface area contributed by atoms with Gasteiger partial charge in [-0.3, -0.25) is 0 Å². The monoisotopic (exact) mass is 289 g/mol. The second-order valence-electron chi connectivity index (χ2n) is 6.18. The number of thioether (sulfide) groups is 1. The first-order valence-corrected chi connectivity index (χ1v) is 8.60. The van der Waals surface area contributed by atoms with E-state index >= 15 is 0 Å². The Kier molecular flexibility index (Phi) is 6.18. The van der Waals surface area contributed by atoms with Gasteiger partial charge in [0, 0.05) is 16.7 Å². The zero-order valence-electron chi connectivity index (χ0n) is 13.1. The molecular weight excluding hydrogens is 262 g/mol. The summed E-state index contributed by atoms with van der Waals surface area (Å²) in [7, 11) is 4.22. The molecule has 0 bridgehead atoms. The average Bonchev–Trinajstić information content (AvgIpc) is 2.41. The van der Waals surface area contributed by atoms with Gasteiger partial charge in [0.25, 0.3) is 0 Å². The Balaban J connectivity index is 1.92. The summed E-state index contributed by atoms with van der Waals surface area (Å²) in [6.07, 6.45) is 9.36. The Morgan fingerprint density at radius 1 is 1.15 bits per heavy atom. The van der Waals surface area contributed by atoms with Crippen LogP contribution in [0.1, 0.15) is 44.6 Å². The highest BCUT2D eigenvalue weighted by Gasteiger charge is 2.14. The molecule has 0 aliphatic heterocycles. The number of hydrogen-bond donors (Lipinski definition) is 0. The zero-order valence-corrected chi connectivity index (χ0v) is 13.9. The molecule has 0 aromatic heterocycles. The van der Waals surface area contributed by atoms with Crippen molar-refractivity contribution in [2.24, 2.45) is 0 Å². The normalized spacial score (nSPS) is 17.7. The van der Waals surface area contributed by atoms with Gasteiger partial charge in [-0.25, -0.2) is 0 Å². The number of benzene rings is 1. The van der Waals surface area contributed by atoms with Gasteiger partial charge in [-0.1, -0.05) is 43.0 Å². The highest BCUT2D eigenvalue weighted by atomic mass is 32.2. The van der Waals surface area contributed by atoms with Crippen molar-refractivity contribution in [3.05, 3.63) is 35.4 Å². The molecule has 20 heavy (non-hydrogen) atoms. The van der Waals surface area contributed by atoms with Crippen LogP contribution in [0.25, 0.3) is 6.08 Å². The molecule has 0 N–H and O–H groups in total. The van der Waals surface area contributed by atoms with Gasteiger partial charge in [0.1, 0.15) is 0 Å². The van der Waals surface area contributed by atoms with E-state index in [1.807, 2.05) is 0 Å². The summed E-state index contributed by atoms with van der Waals surface area (Å²) >= 11 is 2.07. The lowest BCUT2D eigenvalue weighted by Crippen LogP contribution is -2.13. The van der Waals surface area contributed by atoms with Gasteiger partial charge in [-0.15, -0.1) is 11.8 Å². The molecule has 0 amide bonds. The molecule has 2 heteroatoms. The van der Waals surface area contributed by atoms with Gasteiger partial charge >= 0.3 is 0 Å². The van der Waals surface area contributed by atoms with E-state index in [2.05, 4.69) is 68.0 Å². The molecule has 1 aliphatic rings. The highest BCUT2D eigenvalue weighted by Crippen LogP contribution is 2.33. The topological polar surface area (TPSA) is 3.24 Å². The summed E-state index contributed by atoms with van der Waals surface area (Å²) < 4.78 is 0. The minimum absolute atomic E-state index is 0.848. The van der Waals surface area contributed by atoms with E-state index in [0.29, 0.717) is 0 Å². The minimum Gasteiger partial charge on any atom is -0.305 e. The van der Waals surface area contributed by atoms with Crippen LogP contribution < -0.4 is 0 Å². The summed E-state index contributed by atoms with van der Waals surface area (Å²) in [5, 5.41) is 0.848. The fraction of sp³-hybridized carbons (Fsp3) is 0.556. The molecule has 1 aromatic rings. The maximum atomic E-state index is 2.29. The first kappa shape index (κ1) is 15.7. The van der Waals surface area contributed by atoms with E-state index in [-0.39, 0.29) is 0 Å². The third-order valence-corrected chi connectivity index (χ3v) is 5.06. The molecule has 0 atom stereocenters. The SMILES string of the molecule is CC(=Cc1ccc(SC2CCCCC2)cc1)CN(C)C. The van der Waals surface area contributed by atoms with Gasteiger partial charge in [-0.05, 0) is 51.6 Å². The van der Waals surface area contributed by atoms with Crippen LogP contribution in [0.4, 0.5) is 0 Å². The third-order valence-electron chi connectivity index (χ3n) is 3.71. The van der Waals surface area contributed by atoms with Crippen molar-refractivity contribution in [1.82, 2.24) is 4.90 Å². The highest BCUT2D eigenvalue weighted by molar-refractivity contribution is 8.00. The van der Waals surface area contributed by atoms with E-state index in [9.17, 15) is 0 Å². The van der Waals surface area contributed by atoms with Crippen LogP contribution in [-0.2, 0) is 0 Å². The molecule has 1 fully saturated rings. The second kappa shape index (κ2) is 7.90. The third kappa shape index (κ3) is 5.34. The number of hydrogen-bond acceptors (Lipinski definition) is 2. The Hall–Kier alpha value is -0.730. The van der Waals surface area contributed by atoms with Crippen LogP contribution in [-0.4, -0.2) is 30.8 Å². The molecule has 1 aliphatic carbocycles. The molecule has 1 aromatic carbocycles. The molecule has 0 spiro atoms. The van der Waals surface area contributed by atoms with E-state index in [4.69, 9.17) is 0 Å². The van der Waals surface area contributed by atoms with Gasteiger partial charge in [0.05, 0.1) is 0 Å². The van der Waals surface area contributed by atoms with Crippen molar-refractivity contribution in [2.45, 2.75) is 49.2 Å². The fourth-order valence-corrected chi connectivity index (χ4v) is 4.09. The van der Waals surface area contributed by atoms with Crippen molar-refractivity contribution in [3.8, 4) is 0 Å². The Bertz CT molecular complexity index is 427. The Morgan fingerprint density at radius 3 is 2.40 bits per heavy atom. The summed E-state index contributed by atoms with van der Waals surface area (Å²) in [5.41, 5.74) is 2.72. The average molecular weight is 289 g/mol. The molecule has 110 valence electrons. The van der Waals surface area contributed by atoms with Crippen LogP contribution in [0, 0.1) is 0 Å². The minimum atomic E-state index is 0.848. The largest absolute Gasteiger partial charge is 0.305 e. The Morgan fingerprint density at radius 2 is 1.80 bits per heavy atom. The lowest BCUT2D eigenvalue weighted by molar-refractivity contribution is 0.446. The molecule has 0 saturated heterocycles. The van der Waals surface area contributed by atoms with Crippen molar-refractivity contribution in [1.29, 1.82) is 0 Å². The predicted octanol–water partition coefficient (Wildman–Crippen LogP) is 5.08. The predicted molar refractivity (Wildman–Crippen MR) is 91.4 cm³/mol. The fourth-order valence-electron chi connectivity index (χ4n) is 2.85. The maximum Gasteiger partial charge on any atom is 0.0187 e. The summed E-state index contributed by atoms with van der Waals surface area (Å²) in [6, 6.07) is 9.08. The first-order chi connectivity index (χ1) is 9.63. The zero-order chi connectivity index (χ0) is 14.4. The van der Waals surface area contributed by atoms with Crippen LogP contribution in [0.2, 0.25) is 0 Å². The van der Waals surface area contributed by atoms with Crippen LogP contribution in [0.3, 0.4) is 0 Å². The van der Waals surface area contributed by atoms with E-state index in [1.54, 1.807) is 0 Å². The van der Waals surface area contributed by atoms with Crippen LogP contribution in [0.15, 0.2) is 34.7 Å². The molecule has 1 saturated carbocycles. The second-order valence-corrected chi connectivity index (χ2v) is 7.55. The van der Waals surface area contributed by atoms with Crippen molar-refractivity contribution in [3.63, 3.8) is 0 Å². The quantitative estimate of drug-likeness (QED) is 0.744. The molecular formula is C18H27NS. The summed E-state index contributed by atoms with van der Waals surface area (Å²) in [6.45, 7) is 3.23. The lowest BCUT2D eigenvalue weighted by atomic mass is 10.0. The van der Waals surface area contributed by atoms with Crippen LogP contribution in [0.5, 0.6) is 0 Å². The van der Waals surface area contributed by atoms with E-state index in [0.717, 1.165) is 11.8 Å². The number of rotatable bonds is 5. The van der Waals surface area contributed by atoms with Gasteiger partial charge < -0.3 is 4.90 Å². The number of likely N-dealkylation sites (N-methyl/N-ethyl adjacent to an activating group) is 1. The van der Waals surface area contributed by atoms with Gasteiger partial charge in [0.2, 0.25) is 0 Å². The standard InChI is InChI=1S/C18H27NS/c1-15(14-19(2)3)13-16-9-11-18(12-10-16)20-17-7-5-4-6-8-17/h9-13,17H,4-8,14H2,1-3H3. The molecule has 0 radical (unpaired) electrons. The smallest absolute Gasteiger partial charge is 0.0187 e.